The fourth-order valence-corrected chi connectivity index (χ4v) is 1.70. The third-order valence-electron chi connectivity index (χ3n) is 3.30. The summed E-state index contributed by atoms with van der Waals surface area (Å²) in [5.41, 5.74) is -1.33. The number of halogens is 13. The summed E-state index contributed by atoms with van der Waals surface area (Å²) in [6.07, 6.45) is -10.4. The Kier molecular flexibility index (Phi) is 5.49. The molecule has 0 fully saturated rings. The number of hydrogen-bond donors (Lipinski definition) is 1. The molecule has 156 valence electrons. The van der Waals surface area contributed by atoms with Crippen LogP contribution < -0.4 is 0 Å². The molecule has 1 aromatic rings. The van der Waals surface area contributed by atoms with Crippen LogP contribution in [0, 0.1) is 0 Å². The largest absolute Gasteiger partial charge is 0.460 e. The molecule has 0 amide bonds. The predicted octanol–water partition coefficient (Wildman–Crippen LogP) is 4.85. The number of rotatable bonds is 6. The van der Waals surface area contributed by atoms with Crippen LogP contribution in [0.15, 0.2) is 24.5 Å². The summed E-state index contributed by atoms with van der Waals surface area (Å²) in [6, 6.07) is 1.12. The summed E-state index contributed by atoms with van der Waals surface area (Å²) in [7, 11) is 0. The van der Waals surface area contributed by atoms with E-state index in [1.807, 2.05) is 0 Å². The lowest BCUT2D eigenvalue weighted by molar-refractivity contribution is -0.444. The highest BCUT2D eigenvalue weighted by Gasteiger charge is 2.91. The number of aromatic nitrogens is 1. The molecule has 27 heavy (non-hydrogen) atoms. The van der Waals surface area contributed by atoms with Crippen molar-refractivity contribution < 1.29 is 62.2 Å². The third kappa shape index (κ3) is 3.18. The lowest BCUT2D eigenvalue weighted by Crippen LogP contribution is -2.70. The zero-order valence-electron chi connectivity index (χ0n) is 12.2. The molecule has 0 aliphatic carbocycles. The minimum atomic E-state index is -8.00. The Morgan fingerprint density at radius 3 is 1.52 bits per heavy atom. The zero-order chi connectivity index (χ0) is 21.7. The molecule has 1 aromatic heterocycles. The first-order chi connectivity index (χ1) is 11.8. The van der Waals surface area contributed by atoms with Crippen LogP contribution in [0.2, 0.25) is 0 Å². The highest BCUT2D eigenvalue weighted by molar-refractivity contribution is 5.19. The summed E-state index contributed by atoms with van der Waals surface area (Å²) in [6.45, 7) is 0. The lowest BCUT2D eigenvalue weighted by Gasteiger charge is -2.40. The monoisotopic (exact) mass is 427 g/mol. The smallest absolute Gasteiger partial charge is 0.382 e. The predicted molar refractivity (Wildman–Crippen MR) is 60.0 cm³/mol. The number of pyridine rings is 1. The summed E-state index contributed by atoms with van der Waals surface area (Å²) in [5.74, 6) is -37.9. The molecule has 1 rings (SSSR count). The zero-order valence-corrected chi connectivity index (χ0v) is 12.2. The summed E-state index contributed by atoms with van der Waals surface area (Å²) < 4.78 is 168. The van der Waals surface area contributed by atoms with Crippen molar-refractivity contribution in [1.29, 1.82) is 0 Å². The second-order valence-electron chi connectivity index (χ2n) is 5.11. The molecule has 0 aliphatic heterocycles. The van der Waals surface area contributed by atoms with E-state index in [1.54, 1.807) is 0 Å². The quantitative estimate of drug-likeness (QED) is 0.659. The van der Waals surface area contributed by atoms with Crippen molar-refractivity contribution >= 4 is 0 Å². The first kappa shape index (κ1) is 23.2. The van der Waals surface area contributed by atoms with Gasteiger partial charge in [0.05, 0.1) is 0 Å². The summed E-state index contributed by atoms with van der Waals surface area (Å²) in [4.78, 5) is 3.04. The van der Waals surface area contributed by atoms with Gasteiger partial charge in [0.1, 0.15) is 0 Å². The standard InChI is InChI=1S/C12H6F13NO/c13-7(14,6(27)5-2-1-3-26-4-5)8(15,16)9(17,18)10(19,20)11(21,22)12(23,24)25/h1-4,6,27H. The number of hydrogen-bond acceptors (Lipinski definition) is 2. The van der Waals surface area contributed by atoms with Gasteiger partial charge in [-0.05, 0) is 6.07 Å². The Labute approximate surface area is 140 Å². The lowest BCUT2D eigenvalue weighted by atomic mass is 9.90. The maximum Gasteiger partial charge on any atom is 0.460 e. The minimum absolute atomic E-state index is 0.218. The molecular formula is C12H6F13NO. The maximum absolute atomic E-state index is 13.6. The van der Waals surface area contributed by atoms with Crippen LogP contribution in [-0.2, 0) is 0 Å². The van der Waals surface area contributed by atoms with E-state index < -0.39 is 47.5 Å². The van der Waals surface area contributed by atoms with Gasteiger partial charge in [0.25, 0.3) is 0 Å². The first-order valence-electron chi connectivity index (χ1n) is 6.30. The average Bonchev–Trinajstić information content (AvgIpc) is 2.53. The molecular weight excluding hydrogens is 421 g/mol. The van der Waals surface area contributed by atoms with E-state index in [0.717, 1.165) is 12.3 Å². The van der Waals surface area contributed by atoms with Gasteiger partial charge in [-0.2, -0.15) is 57.1 Å². The highest BCUT2D eigenvalue weighted by atomic mass is 19.4. The van der Waals surface area contributed by atoms with Crippen LogP contribution in [0.1, 0.15) is 11.7 Å². The van der Waals surface area contributed by atoms with Gasteiger partial charge in [-0.1, -0.05) is 6.07 Å². The summed E-state index contributed by atoms with van der Waals surface area (Å²) in [5, 5.41) is 9.12. The van der Waals surface area contributed by atoms with Gasteiger partial charge >= 0.3 is 35.8 Å². The molecule has 0 aromatic carbocycles. The molecule has 1 heterocycles. The van der Waals surface area contributed by atoms with Crippen LogP contribution in [0.25, 0.3) is 0 Å². The molecule has 0 spiro atoms. The normalized spacial score (nSPS) is 16.4. The van der Waals surface area contributed by atoms with E-state index in [0.29, 0.717) is 6.07 Å². The van der Waals surface area contributed by atoms with Crippen molar-refractivity contribution in [3.05, 3.63) is 30.1 Å². The van der Waals surface area contributed by atoms with Crippen molar-refractivity contribution in [2.75, 3.05) is 0 Å². The number of nitrogens with zero attached hydrogens (tertiary/aromatic N) is 1. The van der Waals surface area contributed by atoms with E-state index in [-0.39, 0.29) is 6.20 Å². The Morgan fingerprint density at radius 1 is 0.704 bits per heavy atom. The van der Waals surface area contributed by atoms with E-state index in [1.165, 1.54) is 0 Å². The van der Waals surface area contributed by atoms with E-state index >= 15 is 0 Å². The van der Waals surface area contributed by atoms with Crippen LogP contribution in [0.3, 0.4) is 0 Å². The molecule has 1 N–H and O–H groups in total. The fourth-order valence-electron chi connectivity index (χ4n) is 1.70. The van der Waals surface area contributed by atoms with Crippen molar-refractivity contribution in [3.8, 4) is 0 Å². The average molecular weight is 427 g/mol. The van der Waals surface area contributed by atoms with E-state index in [9.17, 15) is 57.1 Å². The van der Waals surface area contributed by atoms with Gasteiger partial charge in [0.15, 0.2) is 6.10 Å². The molecule has 1 atom stereocenters. The van der Waals surface area contributed by atoms with Crippen LogP contribution >= 0.6 is 0 Å². The number of alkyl halides is 13. The maximum atomic E-state index is 13.6. The molecule has 1 unspecified atom stereocenters. The molecule has 15 heteroatoms. The van der Waals surface area contributed by atoms with Gasteiger partial charge in [0.2, 0.25) is 0 Å². The Bertz CT molecular complexity index is 655. The second-order valence-corrected chi connectivity index (χ2v) is 5.11. The van der Waals surface area contributed by atoms with Gasteiger partial charge in [-0.25, -0.2) is 0 Å². The highest BCUT2D eigenvalue weighted by Crippen LogP contribution is 2.61. The van der Waals surface area contributed by atoms with E-state index in [2.05, 4.69) is 4.98 Å². The molecule has 0 aliphatic rings. The SMILES string of the molecule is OC(c1cccnc1)C(F)(F)C(F)(F)C(F)(F)C(F)(F)C(F)(F)C(F)(F)F. The van der Waals surface area contributed by atoms with Gasteiger partial charge in [-0.15, -0.1) is 0 Å². The molecule has 0 saturated carbocycles. The van der Waals surface area contributed by atoms with Crippen LogP contribution in [-0.4, -0.2) is 45.9 Å². The number of aliphatic hydroxyl groups is 1. The topological polar surface area (TPSA) is 33.1 Å². The van der Waals surface area contributed by atoms with Crippen molar-refractivity contribution in [3.63, 3.8) is 0 Å². The number of aliphatic hydroxyl groups excluding tert-OH is 1. The Morgan fingerprint density at radius 2 is 1.15 bits per heavy atom. The fraction of sp³-hybridized carbons (Fsp3) is 0.583. The van der Waals surface area contributed by atoms with Gasteiger partial charge < -0.3 is 5.11 Å². The Balaban J connectivity index is 3.50. The molecule has 0 radical (unpaired) electrons. The molecule has 2 nitrogen and oxygen atoms in total. The van der Waals surface area contributed by atoms with Crippen LogP contribution in [0.5, 0.6) is 0 Å². The molecule has 0 bridgehead atoms. The first-order valence-corrected chi connectivity index (χ1v) is 6.30. The third-order valence-corrected chi connectivity index (χ3v) is 3.30. The second kappa shape index (κ2) is 6.38. The molecule has 0 saturated heterocycles. The van der Waals surface area contributed by atoms with E-state index in [4.69, 9.17) is 5.11 Å². The summed E-state index contributed by atoms with van der Waals surface area (Å²) >= 11 is 0. The van der Waals surface area contributed by atoms with Crippen molar-refractivity contribution in [1.82, 2.24) is 4.98 Å². The van der Waals surface area contributed by atoms with Crippen LogP contribution in [0.4, 0.5) is 57.1 Å². The van der Waals surface area contributed by atoms with Crippen molar-refractivity contribution in [2.24, 2.45) is 0 Å². The van der Waals surface area contributed by atoms with Crippen molar-refractivity contribution in [2.45, 2.75) is 41.9 Å². The van der Waals surface area contributed by atoms with Gasteiger partial charge in [-0.3, -0.25) is 4.98 Å². The van der Waals surface area contributed by atoms with Gasteiger partial charge in [0, 0.05) is 18.0 Å². The minimum Gasteiger partial charge on any atom is -0.382 e. The Hall–Kier alpha value is -1.80.